The molecular formula is C26H26Cl2F2N2O2S. The summed E-state index contributed by atoms with van der Waals surface area (Å²) in [4.78, 5) is 2.17. The topological polar surface area (TPSA) is 63.4 Å². The SMILES string of the molecule is CC(N)C1(CS(=O)(=O)Cc2cc(F)cc(F)c2)CN(C(c2ccc(Cl)cc2)c2ccc(Cl)cc2)C1. The van der Waals surface area contributed by atoms with Crippen LogP contribution in [0.4, 0.5) is 8.78 Å². The van der Waals surface area contributed by atoms with Gasteiger partial charge in [0.05, 0.1) is 17.5 Å². The highest BCUT2D eigenvalue weighted by Crippen LogP contribution is 2.43. The minimum Gasteiger partial charge on any atom is -0.327 e. The Balaban J connectivity index is 1.58. The van der Waals surface area contributed by atoms with Gasteiger partial charge in [-0.15, -0.1) is 0 Å². The fraction of sp³-hybridized carbons (Fsp3) is 0.308. The van der Waals surface area contributed by atoms with Crippen LogP contribution < -0.4 is 5.73 Å². The van der Waals surface area contributed by atoms with Crippen molar-refractivity contribution in [3.8, 4) is 0 Å². The molecule has 1 fully saturated rings. The van der Waals surface area contributed by atoms with E-state index in [4.69, 9.17) is 28.9 Å². The van der Waals surface area contributed by atoms with Crippen LogP contribution in [0.3, 0.4) is 0 Å². The average Bonchev–Trinajstić information content (AvgIpc) is 2.73. The first kappa shape index (κ1) is 26.0. The predicted octanol–water partition coefficient (Wildman–Crippen LogP) is 5.63. The highest BCUT2D eigenvalue weighted by molar-refractivity contribution is 7.90. The lowest BCUT2D eigenvalue weighted by atomic mass is 9.74. The van der Waals surface area contributed by atoms with Crippen molar-refractivity contribution in [3.05, 3.63) is 105 Å². The fourth-order valence-electron chi connectivity index (χ4n) is 4.80. The summed E-state index contributed by atoms with van der Waals surface area (Å²) in [5.74, 6) is -2.24. The van der Waals surface area contributed by atoms with E-state index in [1.807, 2.05) is 48.5 Å². The minimum atomic E-state index is -3.70. The fourth-order valence-corrected chi connectivity index (χ4v) is 7.15. The van der Waals surface area contributed by atoms with Crippen LogP contribution in [-0.4, -0.2) is 38.2 Å². The van der Waals surface area contributed by atoms with Gasteiger partial charge in [0.1, 0.15) is 11.6 Å². The Bertz CT molecular complexity index is 1230. The summed E-state index contributed by atoms with van der Waals surface area (Å²) in [5, 5.41) is 1.24. The zero-order valence-corrected chi connectivity index (χ0v) is 21.4. The van der Waals surface area contributed by atoms with Gasteiger partial charge < -0.3 is 5.73 Å². The zero-order valence-electron chi connectivity index (χ0n) is 19.1. The van der Waals surface area contributed by atoms with E-state index in [0.717, 1.165) is 29.3 Å². The summed E-state index contributed by atoms with van der Waals surface area (Å²) >= 11 is 12.2. The lowest BCUT2D eigenvalue weighted by molar-refractivity contribution is -0.0196. The molecule has 186 valence electrons. The van der Waals surface area contributed by atoms with E-state index < -0.39 is 38.7 Å². The van der Waals surface area contributed by atoms with Gasteiger partial charge in [-0.1, -0.05) is 47.5 Å². The van der Waals surface area contributed by atoms with Gasteiger partial charge in [0, 0.05) is 40.7 Å². The van der Waals surface area contributed by atoms with E-state index in [2.05, 4.69) is 4.90 Å². The normalized spacial score (nSPS) is 16.8. The molecule has 0 amide bonds. The molecule has 35 heavy (non-hydrogen) atoms. The van der Waals surface area contributed by atoms with Gasteiger partial charge in [0.15, 0.2) is 9.84 Å². The molecule has 1 aliphatic heterocycles. The second-order valence-corrected chi connectivity index (χ2v) is 12.3. The summed E-state index contributed by atoms with van der Waals surface area (Å²) in [6.07, 6.45) is 0. The van der Waals surface area contributed by atoms with E-state index in [9.17, 15) is 17.2 Å². The summed E-state index contributed by atoms with van der Waals surface area (Å²) < 4.78 is 53.3. The zero-order chi connectivity index (χ0) is 25.4. The van der Waals surface area contributed by atoms with Crippen LogP contribution in [0.15, 0.2) is 66.7 Å². The first-order valence-electron chi connectivity index (χ1n) is 11.1. The Morgan fingerprint density at radius 2 is 1.37 bits per heavy atom. The van der Waals surface area contributed by atoms with Crippen molar-refractivity contribution in [2.45, 2.75) is 24.8 Å². The Hall–Kier alpha value is -2.03. The van der Waals surface area contributed by atoms with Crippen molar-refractivity contribution in [3.63, 3.8) is 0 Å². The summed E-state index contributed by atoms with van der Waals surface area (Å²) in [6.45, 7) is 2.68. The highest BCUT2D eigenvalue weighted by atomic mass is 35.5. The largest absolute Gasteiger partial charge is 0.327 e. The number of likely N-dealkylation sites (tertiary alicyclic amines) is 1. The Morgan fingerprint density at radius 3 is 1.80 bits per heavy atom. The molecule has 3 aromatic rings. The average molecular weight is 539 g/mol. The lowest BCUT2D eigenvalue weighted by Gasteiger charge is -2.55. The number of rotatable bonds is 8. The van der Waals surface area contributed by atoms with Crippen molar-refractivity contribution >= 4 is 33.0 Å². The smallest absolute Gasteiger partial charge is 0.155 e. The number of benzene rings is 3. The van der Waals surface area contributed by atoms with Crippen LogP contribution in [-0.2, 0) is 15.6 Å². The number of hydrogen-bond donors (Lipinski definition) is 1. The molecule has 0 aliphatic carbocycles. The second kappa shape index (κ2) is 10.1. The van der Waals surface area contributed by atoms with Gasteiger partial charge in [-0.2, -0.15) is 0 Å². The molecule has 1 aliphatic rings. The van der Waals surface area contributed by atoms with E-state index in [0.29, 0.717) is 23.1 Å². The van der Waals surface area contributed by atoms with Crippen molar-refractivity contribution in [1.82, 2.24) is 4.90 Å². The van der Waals surface area contributed by atoms with Crippen molar-refractivity contribution < 1.29 is 17.2 Å². The van der Waals surface area contributed by atoms with Gasteiger partial charge in [-0.05, 0) is 60.0 Å². The third-order valence-corrected chi connectivity index (χ3v) is 8.85. The van der Waals surface area contributed by atoms with E-state index in [-0.39, 0.29) is 17.4 Å². The Labute approximate surface area is 214 Å². The molecule has 0 radical (unpaired) electrons. The van der Waals surface area contributed by atoms with Crippen LogP contribution in [0.5, 0.6) is 0 Å². The van der Waals surface area contributed by atoms with Gasteiger partial charge in [0.25, 0.3) is 0 Å². The molecule has 4 rings (SSSR count). The van der Waals surface area contributed by atoms with Crippen LogP contribution in [0.2, 0.25) is 10.0 Å². The third kappa shape index (κ3) is 6.04. The third-order valence-electron chi connectivity index (χ3n) is 6.55. The first-order valence-corrected chi connectivity index (χ1v) is 13.7. The van der Waals surface area contributed by atoms with Crippen LogP contribution >= 0.6 is 23.2 Å². The molecule has 1 heterocycles. The molecule has 1 unspecified atom stereocenters. The van der Waals surface area contributed by atoms with Crippen LogP contribution in [0.1, 0.15) is 29.7 Å². The molecule has 0 spiro atoms. The van der Waals surface area contributed by atoms with Crippen LogP contribution in [0.25, 0.3) is 0 Å². The van der Waals surface area contributed by atoms with Gasteiger partial charge >= 0.3 is 0 Å². The maximum atomic E-state index is 13.6. The maximum Gasteiger partial charge on any atom is 0.155 e. The molecule has 3 aromatic carbocycles. The number of nitrogens with zero attached hydrogens (tertiary/aromatic N) is 1. The molecule has 4 nitrogen and oxygen atoms in total. The molecule has 2 N–H and O–H groups in total. The maximum absolute atomic E-state index is 13.6. The number of nitrogens with two attached hydrogens (primary N) is 1. The van der Waals surface area contributed by atoms with E-state index >= 15 is 0 Å². The Kier molecular flexibility index (Phi) is 7.55. The summed E-state index contributed by atoms with van der Waals surface area (Å²) in [6, 6.07) is 17.3. The number of sulfone groups is 1. The molecule has 0 saturated carbocycles. The Morgan fingerprint density at radius 1 is 0.914 bits per heavy atom. The molecule has 0 aromatic heterocycles. The van der Waals surface area contributed by atoms with Gasteiger partial charge in [-0.3, -0.25) is 4.90 Å². The second-order valence-electron chi connectivity index (χ2n) is 9.37. The number of hydrogen-bond acceptors (Lipinski definition) is 4. The van der Waals surface area contributed by atoms with Crippen molar-refractivity contribution in [2.75, 3.05) is 18.8 Å². The standard InChI is InChI=1S/C26H26Cl2F2N2O2S/c1-17(31)26(16-35(33,34)13-18-10-23(29)12-24(30)11-18)14-32(15-26)25(19-2-6-21(27)7-3-19)20-4-8-22(28)9-5-20/h2-12,17,25H,13-16,31H2,1H3. The van der Waals surface area contributed by atoms with E-state index in [1.165, 1.54) is 0 Å². The summed E-state index contributed by atoms with van der Waals surface area (Å²) in [7, 11) is -3.70. The van der Waals surface area contributed by atoms with Crippen molar-refractivity contribution in [1.29, 1.82) is 0 Å². The van der Waals surface area contributed by atoms with Gasteiger partial charge in [-0.25, -0.2) is 17.2 Å². The molecule has 1 atom stereocenters. The molecule has 1 saturated heterocycles. The quantitative estimate of drug-likeness (QED) is 0.404. The van der Waals surface area contributed by atoms with Gasteiger partial charge in [0.2, 0.25) is 0 Å². The van der Waals surface area contributed by atoms with Crippen molar-refractivity contribution in [2.24, 2.45) is 11.1 Å². The number of halogens is 4. The minimum absolute atomic E-state index is 0.0821. The van der Waals surface area contributed by atoms with Crippen LogP contribution in [0, 0.1) is 17.0 Å². The molecule has 9 heteroatoms. The lowest BCUT2D eigenvalue weighted by Crippen LogP contribution is -2.66. The predicted molar refractivity (Wildman–Crippen MR) is 136 cm³/mol. The van der Waals surface area contributed by atoms with E-state index in [1.54, 1.807) is 6.92 Å². The summed E-state index contributed by atoms with van der Waals surface area (Å²) in [5.41, 5.74) is 7.72. The molecular weight excluding hydrogens is 513 g/mol. The highest BCUT2D eigenvalue weighted by Gasteiger charge is 2.50. The first-order chi connectivity index (χ1) is 16.5. The monoisotopic (exact) mass is 538 g/mol. The molecule has 0 bridgehead atoms.